The van der Waals surface area contributed by atoms with Crippen LogP contribution in [0.25, 0.3) is 0 Å². The van der Waals surface area contributed by atoms with Gasteiger partial charge in [-0.3, -0.25) is 0 Å². The van der Waals surface area contributed by atoms with Gasteiger partial charge in [-0.2, -0.15) is 4.98 Å². The predicted octanol–water partition coefficient (Wildman–Crippen LogP) is 4.85. The number of rotatable bonds is 5. The second-order valence-electron chi connectivity index (χ2n) is 6.33. The van der Waals surface area contributed by atoms with Gasteiger partial charge < -0.3 is 10.3 Å². The van der Waals surface area contributed by atoms with Crippen LogP contribution in [-0.2, 0) is 5.54 Å². The van der Waals surface area contributed by atoms with Gasteiger partial charge in [0.05, 0.1) is 5.54 Å². The van der Waals surface area contributed by atoms with Crippen LogP contribution >= 0.6 is 24.2 Å². The molecule has 26 heavy (non-hydrogen) atoms. The van der Waals surface area contributed by atoms with Crippen LogP contribution in [-0.4, -0.2) is 10.1 Å². The third-order valence-electron chi connectivity index (χ3n) is 4.53. The second kappa shape index (κ2) is 7.78. The van der Waals surface area contributed by atoms with Crippen molar-refractivity contribution in [1.29, 1.82) is 0 Å². The zero-order valence-corrected chi connectivity index (χ0v) is 15.6. The molecule has 2 N–H and O–H groups in total. The van der Waals surface area contributed by atoms with Crippen molar-refractivity contribution in [2.24, 2.45) is 5.73 Å². The molecule has 1 aliphatic rings. The number of nitrogens with two attached hydrogens (primary N) is 1. The highest BCUT2D eigenvalue weighted by Gasteiger charge is 2.39. The number of hydrogen-bond acceptors (Lipinski definition) is 5. The van der Waals surface area contributed by atoms with Gasteiger partial charge in [-0.25, -0.2) is 4.39 Å². The van der Waals surface area contributed by atoms with E-state index < -0.39 is 5.54 Å². The molecule has 7 heteroatoms. The Balaban J connectivity index is 0.00000196. The maximum absolute atomic E-state index is 13.2. The number of thioether (sulfide) groups is 1. The quantitative estimate of drug-likeness (QED) is 0.630. The molecule has 0 spiro atoms. The summed E-state index contributed by atoms with van der Waals surface area (Å²) in [5.74, 6) is 0.845. The molecule has 1 saturated carbocycles. The summed E-state index contributed by atoms with van der Waals surface area (Å²) in [7, 11) is 0. The van der Waals surface area contributed by atoms with Crippen molar-refractivity contribution in [1.82, 2.24) is 10.1 Å². The minimum absolute atomic E-state index is 0. The Morgan fingerprint density at radius 1 is 1.08 bits per heavy atom. The Hall–Kier alpha value is -1.89. The van der Waals surface area contributed by atoms with Gasteiger partial charge >= 0.3 is 0 Å². The summed E-state index contributed by atoms with van der Waals surface area (Å²) in [5, 5.41) is 3.96. The van der Waals surface area contributed by atoms with Crippen LogP contribution in [0.2, 0.25) is 0 Å². The van der Waals surface area contributed by atoms with E-state index in [4.69, 9.17) is 10.3 Å². The molecule has 1 atom stereocenters. The molecule has 0 amide bonds. The van der Waals surface area contributed by atoms with Crippen LogP contribution in [0.5, 0.6) is 0 Å². The fourth-order valence-electron chi connectivity index (χ4n) is 2.86. The fourth-order valence-corrected chi connectivity index (χ4v) is 3.92. The molecule has 1 aromatic heterocycles. The van der Waals surface area contributed by atoms with Crippen LogP contribution in [0.3, 0.4) is 0 Å². The standard InChI is InChI=1S/C19H18FN3OS.ClH/c20-14-7-9-15(10-8-14)25-16(13-5-2-1-3-6-13)17-22-18(23-24-17)19(21)11-4-12-19;/h1-3,5-10,16H,4,11-12,21H2;1H. The van der Waals surface area contributed by atoms with Gasteiger partial charge in [0.1, 0.15) is 11.1 Å². The van der Waals surface area contributed by atoms with Crippen molar-refractivity contribution >= 4 is 24.2 Å². The lowest BCUT2D eigenvalue weighted by molar-refractivity contribution is 0.229. The SMILES string of the molecule is Cl.NC1(c2noc(C(Sc3ccc(F)cc3)c3ccccc3)n2)CCC1. The summed E-state index contributed by atoms with van der Waals surface area (Å²) >= 11 is 1.55. The zero-order valence-electron chi connectivity index (χ0n) is 14.0. The summed E-state index contributed by atoms with van der Waals surface area (Å²) < 4.78 is 18.7. The molecular weight excluding hydrogens is 373 g/mol. The molecule has 2 aromatic carbocycles. The lowest BCUT2D eigenvalue weighted by Crippen LogP contribution is -2.44. The summed E-state index contributed by atoms with van der Waals surface area (Å²) in [5.41, 5.74) is 6.91. The first-order chi connectivity index (χ1) is 12.1. The molecule has 3 aromatic rings. The van der Waals surface area contributed by atoms with E-state index in [1.54, 1.807) is 23.9 Å². The minimum Gasteiger partial charge on any atom is -0.338 e. The highest BCUT2D eigenvalue weighted by molar-refractivity contribution is 7.99. The van der Waals surface area contributed by atoms with Crippen molar-refractivity contribution < 1.29 is 8.91 Å². The maximum Gasteiger partial charge on any atom is 0.244 e. The maximum atomic E-state index is 13.2. The van der Waals surface area contributed by atoms with Gasteiger partial charge in [-0.15, -0.1) is 24.2 Å². The van der Waals surface area contributed by atoms with Crippen LogP contribution in [0.15, 0.2) is 64.0 Å². The lowest BCUT2D eigenvalue weighted by atomic mass is 9.77. The number of hydrogen-bond donors (Lipinski definition) is 1. The molecule has 0 aliphatic heterocycles. The Bertz CT molecular complexity index is 853. The third kappa shape index (κ3) is 3.77. The first-order valence-electron chi connectivity index (χ1n) is 8.24. The zero-order chi connectivity index (χ0) is 17.3. The summed E-state index contributed by atoms with van der Waals surface area (Å²) in [6.07, 6.45) is 2.85. The Morgan fingerprint density at radius 3 is 2.38 bits per heavy atom. The van der Waals surface area contributed by atoms with Crippen molar-refractivity contribution in [3.8, 4) is 0 Å². The fraction of sp³-hybridized carbons (Fsp3) is 0.263. The lowest BCUT2D eigenvalue weighted by Gasteiger charge is -2.34. The molecule has 0 bridgehead atoms. The van der Waals surface area contributed by atoms with Gasteiger partial charge in [0.25, 0.3) is 0 Å². The summed E-state index contributed by atoms with van der Waals surface area (Å²) in [6.45, 7) is 0. The summed E-state index contributed by atoms with van der Waals surface area (Å²) in [4.78, 5) is 5.53. The van der Waals surface area contributed by atoms with Gasteiger partial charge in [0, 0.05) is 4.90 Å². The van der Waals surface area contributed by atoms with Crippen LogP contribution < -0.4 is 5.73 Å². The third-order valence-corrected chi connectivity index (χ3v) is 5.78. The molecule has 1 unspecified atom stereocenters. The summed E-state index contributed by atoms with van der Waals surface area (Å²) in [6, 6.07) is 16.4. The van der Waals surface area contributed by atoms with Crippen molar-refractivity contribution in [3.05, 3.63) is 77.7 Å². The molecule has 4 nitrogen and oxygen atoms in total. The number of nitrogens with zero attached hydrogens (tertiary/aromatic N) is 2. The molecule has 1 heterocycles. The molecular formula is C19H19ClFN3OS. The predicted molar refractivity (Wildman–Crippen MR) is 102 cm³/mol. The van der Waals surface area contributed by atoms with E-state index in [0.29, 0.717) is 11.7 Å². The van der Waals surface area contributed by atoms with Crippen LogP contribution in [0, 0.1) is 5.82 Å². The van der Waals surface area contributed by atoms with Gasteiger partial charge in [0.2, 0.25) is 5.89 Å². The molecule has 4 rings (SSSR count). The second-order valence-corrected chi connectivity index (χ2v) is 7.51. The Morgan fingerprint density at radius 2 is 1.77 bits per heavy atom. The smallest absolute Gasteiger partial charge is 0.244 e. The van der Waals surface area contributed by atoms with Crippen molar-refractivity contribution in [2.75, 3.05) is 0 Å². The Labute approximate surface area is 161 Å². The average Bonchev–Trinajstić information content (AvgIpc) is 3.10. The first kappa shape index (κ1) is 18.9. The molecule has 1 fully saturated rings. The molecule has 0 radical (unpaired) electrons. The molecule has 136 valence electrons. The van der Waals surface area contributed by atoms with Gasteiger partial charge in [-0.05, 0) is 49.1 Å². The van der Waals surface area contributed by atoms with Gasteiger partial charge in [-0.1, -0.05) is 35.5 Å². The largest absolute Gasteiger partial charge is 0.338 e. The number of benzene rings is 2. The van der Waals surface area contributed by atoms with E-state index in [-0.39, 0.29) is 23.5 Å². The number of aromatic nitrogens is 2. The van der Waals surface area contributed by atoms with E-state index in [0.717, 1.165) is 29.7 Å². The number of halogens is 2. The molecule has 0 saturated heterocycles. The minimum atomic E-state index is -0.455. The van der Waals surface area contributed by atoms with Crippen molar-refractivity contribution in [2.45, 2.75) is 34.9 Å². The highest BCUT2D eigenvalue weighted by Crippen LogP contribution is 2.42. The van der Waals surface area contributed by atoms with E-state index in [1.807, 2.05) is 30.3 Å². The van der Waals surface area contributed by atoms with Gasteiger partial charge in [0.15, 0.2) is 5.82 Å². The topological polar surface area (TPSA) is 64.9 Å². The first-order valence-corrected chi connectivity index (χ1v) is 9.12. The monoisotopic (exact) mass is 391 g/mol. The Kier molecular flexibility index (Phi) is 5.65. The molecule has 1 aliphatic carbocycles. The van der Waals surface area contributed by atoms with E-state index in [2.05, 4.69) is 10.1 Å². The normalized spacial score (nSPS) is 16.4. The van der Waals surface area contributed by atoms with Crippen molar-refractivity contribution in [3.63, 3.8) is 0 Å². The van der Waals surface area contributed by atoms with Crippen LogP contribution in [0.4, 0.5) is 4.39 Å². The highest BCUT2D eigenvalue weighted by atomic mass is 35.5. The van der Waals surface area contributed by atoms with E-state index in [1.165, 1.54) is 12.1 Å². The average molecular weight is 392 g/mol. The van der Waals surface area contributed by atoms with Crippen LogP contribution in [0.1, 0.15) is 41.8 Å². The van der Waals surface area contributed by atoms with E-state index in [9.17, 15) is 4.39 Å². The van der Waals surface area contributed by atoms with E-state index >= 15 is 0 Å².